The van der Waals surface area contributed by atoms with Crippen molar-refractivity contribution in [3.8, 4) is 5.75 Å². The first-order valence-electron chi connectivity index (χ1n) is 17.2. The van der Waals surface area contributed by atoms with Gasteiger partial charge in [-0.2, -0.15) is 0 Å². The summed E-state index contributed by atoms with van der Waals surface area (Å²) in [5, 5.41) is 20.5. The summed E-state index contributed by atoms with van der Waals surface area (Å²) in [6.45, 7) is 8.03. The van der Waals surface area contributed by atoms with Gasteiger partial charge in [0.2, 0.25) is 0 Å². The fourth-order valence-corrected chi connectivity index (χ4v) is 12.9. The van der Waals surface area contributed by atoms with Crippen LogP contribution in [0.15, 0.2) is 109 Å². The number of benzene rings is 4. The fraction of sp³-hybridized carbons (Fsp3) is 0.325. The van der Waals surface area contributed by atoms with Gasteiger partial charge in [0.1, 0.15) is 5.75 Å². The Morgan fingerprint density at radius 1 is 1.00 bits per heavy atom. The Kier molecular flexibility index (Phi) is 9.72. The highest BCUT2D eigenvalue weighted by atomic mass is 127. The topological polar surface area (TPSA) is 89.7 Å². The van der Waals surface area contributed by atoms with Gasteiger partial charge in [0.25, 0.3) is 5.91 Å². The lowest BCUT2D eigenvalue weighted by atomic mass is 9.82. The zero-order valence-corrected chi connectivity index (χ0v) is 32.0. The number of rotatable bonds is 11. The van der Waals surface area contributed by atoms with Crippen LogP contribution in [0.3, 0.4) is 0 Å². The minimum Gasteiger partial charge on any atom is -0.497 e. The smallest absolute Gasteiger partial charge is 0.264 e. The Balaban J connectivity index is 1.25. The molecule has 5 atom stereocenters. The predicted molar refractivity (Wildman–Crippen MR) is 206 cm³/mol. The molecule has 8 nitrogen and oxygen atoms in total. The number of aryl methyl sites for hydroxylation is 1. The van der Waals surface area contributed by atoms with E-state index in [4.69, 9.17) is 9.47 Å². The molecular formula is C40H43IN4O4Si. The molecule has 5 aromatic rings. The van der Waals surface area contributed by atoms with Crippen LogP contribution in [0.1, 0.15) is 41.6 Å². The van der Waals surface area contributed by atoms with Gasteiger partial charge in [-0.25, -0.2) is 0 Å². The molecule has 2 aliphatic rings. The molecule has 1 unspecified atom stereocenters. The van der Waals surface area contributed by atoms with Gasteiger partial charge in [-0.3, -0.25) is 9.48 Å². The number of hydrogen-bond donors (Lipinski definition) is 1. The molecule has 0 bridgehead atoms. The van der Waals surface area contributed by atoms with Gasteiger partial charge in [-0.05, 0) is 76.0 Å². The summed E-state index contributed by atoms with van der Waals surface area (Å²) in [5.41, 5.74) is 3.68. The summed E-state index contributed by atoms with van der Waals surface area (Å²) in [6.07, 6.45) is 2.38. The van der Waals surface area contributed by atoms with E-state index >= 15 is 4.79 Å². The zero-order chi connectivity index (χ0) is 35.0. The number of fused-ring (bicyclic) bond motifs is 2. The van der Waals surface area contributed by atoms with Gasteiger partial charge < -0.3 is 19.5 Å². The average molecular weight is 799 g/mol. The van der Waals surface area contributed by atoms with E-state index in [1.165, 1.54) is 5.19 Å². The normalized spacial score (nSPS) is 22.2. The van der Waals surface area contributed by atoms with Crippen LogP contribution in [0.4, 0.5) is 5.69 Å². The van der Waals surface area contributed by atoms with Crippen LogP contribution in [0.25, 0.3) is 0 Å². The molecule has 1 amide bonds. The first-order chi connectivity index (χ1) is 24.2. The predicted octanol–water partition coefficient (Wildman–Crippen LogP) is 6.87. The third-order valence-electron chi connectivity index (χ3n) is 10.9. The number of aliphatic hydroxyl groups is 1. The molecule has 0 aliphatic carbocycles. The number of aliphatic hydroxyl groups excluding tert-OH is 1. The first kappa shape index (κ1) is 34.6. The molecule has 1 saturated heterocycles. The van der Waals surface area contributed by atoms with Crippen molar-refractivity contribution in [2.75, 3.05) is 18.6 Å². The summed E-state index contributed by atoms with van der Waals surface area (Å²) in [4.78, 5) is 16.9. The van der Waals surface area contributed by atoms with Crippen molar-refractivity contribution in [3.63, 3.8) is 0 Å². The highest BCUT2D eigenvalue weighted by Crippen LogP contribution is 2.60. The third kappa shape index (κ3) is 6.10. The molecule has 3 heterocycles. The van der Waals surface area contributed by atoms with Crippen LogP contribution in [-0.4, -0.2) is 53.9 Å². The first-order valence-corrected chi connectivity index (χ1v) is 21.4. The van der Waals surface area contributed by atoms with E-state index in [1.807, 2.05) is 76.4 Å². The molecule has 1 N–H and O–H groups in total. The lowest BCUT2D eigenvalue weighted by Gasteiger charge is -2.37. The lowest BCUT2D eigenvalue weighted by Crippen LogP contribution is -2.51. The average Bonchev–Trinajstić information content (AvgIpc) is 3.79. The molecule has 0 saturated carbocycles. The fourth-order valence-electron chi connectivity index (χ4n) is 8.38. The number of carbonyl (C=O) groups excluding carboxylic acids is 1. The summed E-state index contributed by atoms with van der Waals surface area (Å²) >= 11 is 2.34. The Hall–Kier alpha value is -3.84. The van der Waals surface area contributed by atoms with Crippen molar-refractivity contribution in [3.05, 3.63) is 135 Å². The molecule has 1 fully saturated rings. The molecule has 2 aliphatic heterocycles. The summed E-state index contributed by atoms with van der Waals surface area (Å²) in [6, 6.07) is 34.8. The molecule has 7 rings (SSSR count). The second-order valence-corrected chi connectivity index (χ2v) is 20.0. The molecule has 10 heteroatoms. The van der Waals surface area contributed by atoms with Gasteiger partial charge >= 0.3 is 0 Å². The second-order valence-electron chi connectivity index (χ2n) is 14.0. The standard InChI is InChI=1S/C40H43IN4O4Si/c1-27-38(50(3,4)32-18-16-31(48-2)17-19-32)37(21-22-44-25-35(42-43-44)33(26-46)29-13-9-6-10-14-29)49-40(27)34-23-30(41)15-20-36(34)45(39(40)47)24-28-11-7-5-8-12-28/h5-20,23,25,27,33,37-38,46H,21-22,24,26H2,1-4H3/t27-,33?,37+,38-,40+/m1/s1. The van der Waals surface area contributed by atoms with Crippen molar-refractivity contribution in [1.82, 2.24) is 15.0 Å². The largest absolute Gasteiger partial charge is 0.497 e. The lowest BCUT2D eigenvalue weighted by molar-refractivity contribution is -0.146. The number of halogens is 1. The SMILES string of the molecule is COc1ccc([Si](C)(C)[C@H]2[C@H](CCn3cc(C(CO)c4ccccc4)nn3)O[C@@]3(C(=O)N(Cc4ccccc4)c4ccc(I)cc43)[C@@H]2C)cc1. The minimum absolute atomic E-state index is 0.00887. The van der Waals surface area contributed by atoms with E-state index in [9.17, 15) is 5.11 Å². The summed E-state index contributed by atoms with van der Waals surface area (Å²) in [5.74, 6) is 0.488. The maximum Gasteiger partial charge on any atom is 0.264 e. The van der Waals surface area contributed by atoms with Crippen LogP contribution in [0.5, 0.6) is 5.75 Å². The Morgan fingerprint density at radius 3 is 2.38 bits per heavy atom. The number of amides is 1. The van der Waals surface area contributed by atoms with Gasteiger partial charge in [-0.15, -0.1) is 5.10 Å². The number of carbonyl (C=O) groups is 1. The second kappa shape index (κ2) is 14.1. The number of hydrogen-bond acceptors (Lipinski definition) is 6. The van der Waals surface area contributed by atoms with E-state index in [2.05, 4.69) is 95.4 Å². The van der Waals surface area contributed by atoms with Crippen molar-refractivity contribution < 1.29 is 19.4 Å². The molecule has 1 aromatic heterocycles. The molecular weight excluding hydrogens is 755 g/mol. The van der Waals surface area contributed by atoms with Crippen LogP contribution in [0.2, 0.25) is 18.6 Å². The van der Waals surface area contributed by atoms with Gasteiger partial charge in [-0.1, -0.05) is 103 Å². The number of aromatic nitrogens is 3. The Labute approximate surface area is 308 Å². The van der Waals surface area contributed by atoms with Crippen LogP contribution < -0.4 is 14.8 Å². The van der Waals surface area contributed by atoms with Crippen LogP contribution >= 0.6 is 22.6 Å². The maximum absolute atomic E-state index is 15.0. The quantitative estimate of drug-likeness (QED) is 0.116. The highest BCUT2D eigenvalue weighted by Gasteiger charge is 2.66. The van der Waals surface area contributed by atoms with Crippen LogP contribution in [-0.2, 0) is 28.2 Å². The maximum atomic E-state index is 15.0. The Morgan fingerprint density at radius 2 is 1.70 bits per heavy atom. The minimum atomic E-state index is -2.29. The van der Waals surface area contributed by atoms with Crippen molar-refractivity contribution in [1.29, 1.82) is 0 Å². The zero-order valence-electron chi connectivity index (χ0n) is 28.9. The number of anilines is 1. The highest BCUT2D eigenvalue weighted by molar-refractivity contribution is 14.1. The van der Waals surface area contributed by atoms with E-state index in [0.29, 0.717) is 19.5 Å². The van der Waals surface area contributed by atoms with Gasteiger partial charge in [0.15, 0.2) is 5.60 Å². The third-order valence-corrected chi connectivity index (χ3v) is 16.0. The van der Waals surface area contributed by atoms with Crippen molar-refractivity contribution in [2.24, 2.45) is 5.92 Å². The Bertz CT molecular complexity index is 1960. The molecule has 1 spiro atoms. The monoisotopic (exact) mass is 798 g/mol. The van der Waals surface area contributed by atoms with E-state index < -0.39 is 13.7 Å². The molecule has 0 radical (unpaired) electrons. The molecule has 50 heavy (non-hydrogen) atoms. The van der Waals surface area contributed by atoms with E-state index in [-0.39, 0.29) is 36.0 Å². The van der Waals surface area contributed by atoms with Gasteiger partial charge in [0, 0.05) is 27.8 Å². The van der Waals surface area contributed by atoms with Crippen LogP contribution in [0, 0.1) is 9.49 Å². The number of nitrogens with zero attached hydrogens (tertiary/aromatic N) is 4. The summed E-state index contributed by atoms with van der Waals surface area (Å²) < 4.78 is 15.8. The molecule has 258 valence electrons. The van der Waals surface area contributed by atoms with Crippen molar-refractivity contribution in [2.45, 2.75) is 62.7 Å². The number of methoxy groups -OCH3 is 1. The number of ether oxygens (including phenoxy) is 2. The summed E-state index contributed by atoms with van der Waals surface area (Å²) in [7, 11) is -0.606. The molecule has 4 aromatic carbocycles. The van der Waals surface area contributed by atoms with Gasteiger partial charge in [0.05, 0.1) is 51.7 Å². The van der Waals surface area contributed by atoms with Crippen molar-refractivity contribution >= 4 is 47.4 Å². The van der Waals surface area contributed by atoms with E-state index in [1.54, 1.807) is 7.11 Å². The van der Waals surface area contributed by atoms with E-state index in [0.717, 1.165) is 37.4 Å².